The fourth-order valence-corrected chi connectivity index (χ4v) is 3.03. The number of hydrogen-bond acceptors (Lipinski definition) is 4. The van der Waals surface area contributed by atoms with Crippen molar-refractivity contribution in [3.05, 3.63) is 89.7 Å². The smallest absolute Gasteiger partial charge is 0.234 e. The van der Waals surface area contributed by atoms with Gasteiger partial charge in [-0.15, -0.1) is 0 Å². The largest absolute Gasteiger partial charge is 0.265 e. The summed E-state index contributed by atoms with van der Waals surface area (Å²) in [6.45, 7) is 0.196. The predicted molar refractivity (Wildman–Crippen MR) is 98.7 cm³/mol. The normalized spacial score (nSPS) is 11.7. The Balaban J connectivity index is 1.68. The minimum atomic E-state index is -3.52. The van der Waals surface area contributed by atoms with E-state index in [1.165, 1.54) is 5.41 Å². The Morgan fingerprint density at radius 1 is 0.960 bits per heavy atom. The van der Waals surface area contributed by atoms with Gasteiger partial charge in [0, 0.05) is 36.1 Å². The lowest BCUT2D eigenvalue weighted by atomic mass is 10.1. The number of sulfonamides is 1. The Morgan fingerprint density at radius 3 is 2.48 bits per heavy atom. The third-order valence-electron chi connectivity index (χ3n) is 3.52. The van der Waals surface area contributed by atoms with E-state index in [0.717, 1.165) is 22.4 Å². The molecule has 1 N–H and O–H groups in total. The second kappa shape index (κ2) is 7.83. The first-order chi connectivity index (χ1) is 12.1. The Labute approximate surface area is 147 Å². The average molecular weight is 351 g/mol. The summed E-state index contributed by atoms with van der Waals surface area (Å²) in [5.41, 5.74) is 3.37. The molecule has 6 heteroatoms. The average Bonchev–Trinajstić information content (AvgIpc) is 2.67. The second-order valence-corrected chi connectivity index (χ2v) is 7.02. The Hall–Kier alpha value is -2.83. The van der Waals surface area contributed by atoms with Gasteiger partial charge in [-0.3, -0.25) is 9.97 Å². The first kappa shape index (κ1) is 17.0. The topological polar surface area (TPSA) is 72.0 Å². The maximum atomic E-state index is 12.1. The van der Waals surface area contributed by atoms with E-state index in [4.69, 9.17) is 0 Å². The zero-order valence-electron chi connectivity index (χ0n) is 13.4. The highest BCUT2D eigenvalue weighted by molar-refractivity contribution is 7.92. The molecule has 0 unspecified atom stereocenters. The maximum absolute atomic E-state index is 12.1. The van der Waals surface area contributed by atoms with E-state index in [2.05, 4.69) is 14.7 Å². The van der Waals surface area contributed by atoms with Gasteiger partial charge in [0.2, 0.25) is 10.0 Å². The van der Waals surface area contributed by atoms with E-state index in [1.807, 2.05) is 48.5 Å². The van der Waals surface area contributed by atoms with Crippen molar-refractivity contribution in [2.45, 2.75) is 6.54 Å². The van der Waals surface area contributed by atoms with Crippen LogP contribution < -0.4 is 4.72 Å². The molecule has 0 atom stereocenters. The molecule has 0 radical (unpaired) electrons. The zero-order chi connectivity index (χ0) is 17.5. The van der Waals surface area contributed by atoms with Crippen LogP contribution in [-0.2, 0) is 16.6 Å². The molecule has 2 aromatic heterocycles. The Bertz CT molecular complexity index is 956. The van der Waals surface area contributed by atoms with Gasteiger partial charge in [0.1, 0.15) is 0 Å². The van der Waals surface area contributed by atoms with Crippen molar-refractivity contribution in [1.82, 2.24) is 14.7 Å². The number of nitrogens with zero attached hydrogens (tertiary/aromatic N) is 2. The lowest BCUT2D eigenvalue weighted by Gasteiger charge is -2.06. The van der Waals surface area contributed by atoms with Gasteiger partial charge in [0.15, 0.2) is 0 Å². The van der Waals surface area contributed by atoms with Crippen LogP contribution in [0.1, 0.15) is 11.1 Å². The van der Waals surface area contributed by atoms with Crippen LogP contribution in [0.25, 0.3) is 17.3 Å². The van der Waals surface area contributed by atoms with Crippen LogP contribution in [0.5, 0.6) is 0 Å². The molecule has 0 aliphatic heterocycles. The van der Waals surface area contributed by atoms with Gasteiger partial charge >= 0.3 is 0 Å². The van der Waals surface area contributed by atoms with Crippen molar-refractivity contribution in [2.75, 3.05) is 0 Å². The molecule has 25 heavy (non-hydrogen) atoms. The molecular weight excluding hydrogens is 334 g/mol. The van der Waals surface area contributed by atoms with Crippen molar-refractivity contribution < 1.29 is 8.42 Å². The second-order valence-electron chi connectivity index (χ2n) is 5.36. The Morgan fingerprint density at radius 2 is 1.72 bits per heavy atom. The van der Waals surface area contributed by atoms with Gasteiger partial charge in [-0.1, -0.05) is 30.3 Å². The highest BCUT2D eigenvalue weighted by Gasteiger charge is 2.06. The number of benzene rings is 1. The van der Waals surface area contributed by atoms with Crippen LogP contribution in [0.2, 0.25) is 0 Å². The fourth-order valence-electron chi connectivity index (χ4n) is 2.23. The minimum absolute atomic E-state index is 0.196. The van der Waals surface area contributed by atoms with E-state index in [-0.39, 0.29) is 6.54 Å². The molecule has 0 saturated carbocycles. The van der Waals surface area contributed by atoms with E-state index >= 15 is 0 Å². The van der Waals surface area contributed by atoms with Crippen molar-refractivity contribution in [3.8, 4) is 11.3 Å². The molecule has 0 saturated heterocycles. The lowest BCUT2D eigenvalue weighted by molar-refractivity contribution is 0.591. The van der Waals surface area contributed by atoms with Gasteiger partial charge in [-0.2, -0.15) is 0 Å². The summed E-state index contributed by atoms with van der Waals surface area (Å²) in [5, 5.41) is 1.17. The SMILES string of the molecule is O=S(=O)(/C=C/c1ccccc1)NCc1ccnc(-c2ccncc2)c1. The number of pyridine rings is 2. The van der Waals surface area contributed by atoms with Crippen LogP contribution >= 0.6 is 0 Å². The van der Waals surface area contributed by atoms with Crippen LogP contribution in [-0.4, -0.2) is 18.4 Å². The van der Waals surface area contributed by atoms with Gasteiger partial charge in [0.25, 0.3) is 0 Å². The molecule has 0 fully saturated rings. The lowest BCUT2D eigenvalue weighted by Crippen LogP contribution is -2.20. The first-order valence-electron chi connectivity index (χ1n) is 7.70. The number of rotatable bonds is 6. The number of hydrogen-bond donors (Lipinski definition) is 1. The number of aromatic nitrogens is 2. The molecule has 2 heterocycles. The van der Waals surface area contributed by atoms with Gasteiger partial charge in [0.05, 0.1) is 5.69 Å². The Kier molecular flexibility index (Phi) is 5.33. The maximum Gasteiger partial charge on any atom is 0.234 e. The molecule has 5 nitrogen and oxygen atoms in total. The van der Waals surface area contributed by atoms with Gasteiger partial charge < -0.3 is 0 Å². The van der Waals surface area contributed by atoms with Crippen molar-refractivity contribution in [1.29, 1.82) is 0 Å². The fraction of sp³-hybridized carbons (Fsp3) is 0.0526. The third-order valence-corrected chi connectivity index (χ3v) is 4.56. The van der Waals surface area contributed by atoms with Crippen molar-refractivity contribution in [3.63, 3.8) is 0 Å². The van der Waals surface area contributed by atoms with Gasteiger partial charge in [-0.25, -0.2) is 13.1 Å². The first-order valence-corrected chi connectivity index (χ1v) is 9.25. The third kappa shape index (κ3) is 5.07. The molecule has 0 bridgehead atoms. The molecular formula is C19H17N3O2S. The van der Waals surface area contributed by atoms with Gasteiger partial charge in [-0.05, 0) is 41.5 Å². The van der Waals surface area contributed by atoms with Crippen LogP contribution in [0.15, 0.2) is 78.6 Å². The number of nitrogens with one attached hydrogen (secondary N) is 1. The van der Waals surface area contributed by atoms with Crippen LogP contribution in [0.3, 0.4) is 0 Å². The van der Waals surface area contributed by atoms with E-state index < -0.39 is 10.0 Å². The summed E-state index contributed by atoms with van der Waals surface area (Å²) < 4.78 is 26.8. The molecule has 0 aliphatic rings. The molecule has 1 aromatic carbocycles. The zero-order valence-corrected chi connectivity index (χ0v) is 14.2. The molecule has 0 amide bonds. The summed E-state index contributed by atoms with van der Waals surface area (Å²) in [4.78, 5) is 8.29. The summed E-state index contributed by atoms with van der Waals surface area (Å²) in [6, 6.07) is 16.7. The minimum Gasteiger partial charge on any atom is -0.265 e. The van der Waals surface area contributed by atoms with E-state index in [9.17, 15) is 8.42 Å². The predicted octanol–water partition coefficient (Wildman–Crippen LogP) is 3.23. The molecule has 0 aliphatic carbocycles. The standard InChI is InChI=1S/C19H17N3O2S/c23-25(24,13-9-16-4-2-1-3-5-16)22-15-17-6-12-21-19(14-17)18-7-10-20-11-8-18/h1-14,22H,15H2/b13-9+. The van der Waals surface area contributed by atoms with Crippen molar-refractivity contribution in [2.24, 2.45) is 0 Å². The van der Waals surface area contributed by atoms with E-state index in [0.29, 0.717) is 0 Å². The summed E-state index contributed by atoms with van der Waals surface area (Å²) in [5.74, 6) is 0. The summed E-state index contributed by atoms with van der Waals surface area (Å²) >= 11 is 0. The molecule has 126 valence electrons. The highest BCUT2D eigenvalue weighted by atomic mass is 32.2. The van der Waals surface area contributed by atoms with Crippen LogP contribution in [0.4, 0.5) is 0 Å². The molecule has 3 aromatic rings. The highest BCUT2D eigenvalue weighted by Crippen LogP contribution is 2.16. The molecule has 3 rings (SSSR count). The quantitative estimate of drug-likeness (QED) is 0.740. The van der Waals surface area contributed by atoms with Crippen molar-refractivity contribution >= 4 is 16.1 Å². The summed E-state index contributed by atoms with van der Waals surface area (Å²) in [7, 11) is -3.52. The molecule has 0 spiro atoms. The summed E-state index contributed by atoms with van der Waals surface area (Å²) in [6.07, 6.45) is 6.62. The van der Waals surface area contributed by atoms with Crippen LogP contribution in [0, 0.1) is 0 Å². The van der Waals surface area contributed by atoms with E-state index in [1.54, 1.807) is 30.7 Å². The monoisotopic (exact) mass is 351 g/mol.